The van der Waals surface area contributed by atoms with Crippen LogP contribution in [0.4, 0.5) is 11.6 Å². The molecule has 0 unspecified atom stereocenters. The number of benzene rings is 1. The van der Waals surface area contributed by atoms with Gasteiger partial charge in [0, 0.05) is 23.8 Å². The second-order valence-electron chi connectivity index (χ2n) is 9.62. The van der Waals surface area contributed by atoms with Crippen LogP contribution < -0.4 is 25.6 Å². The lowest BCUT2D eigenvalue weighted by Crippen LogP contribution is -2.41. The van der Waals surface area contributed by atoms with Gasteiger partial charge in [0.05, 0.1) is 18.4 Å². The monoisotopic (exact) mass is 526 g/mol. The molecule has 0 bridgehead atoms. The second-order valence-corrected chi connectivity index (χ2v) is 11.3. The first kappa shape index (κ1) is 26.2. The van der Waals surface area contributed by atoms with Crippen molar-refractivity contribution in [3.63, 3.8) is 0 Å². The van der Waals surface area contributed by atoms with Crippen LogP contribution in [0.1, 0.15) is 37.6 Å². The van der Waals surface area contributed by atoms with Gasteiger partial charge in [0.15, 0.2) is 17.3 Å². The van der Waals surface area contributed by atoms with Crippen molar-refractivity contribution in [3.8, 4) is 22.8 Å². The lowest BCUT2D eigenvalue weighted by molar-refractivity contribution is 0.0981. The van der Waals surface area contributed by atoms with E-state index >= 15 is 0 Å². The number of carbonyl (C=O) groups is 1. The number of sulfonamides is 1. The predicted octanol–water partition coefficient (Wildman–Crippen LogP) is 2.89. The van der Waals surface area contributed by atoms with Crippen molar-refractivity contribution >= 4 is 27.6 Å². The smallest absolute Gasteiger partial charge is 0.268 e. The van der Waals surface area contributed by atoms with E-state index in [1.165, 1.54) is 31.5 Å². The summed E-state index contributed by atoms with van der Waals surface area (Å²) in [5.74, 6) is 5.45. The Labute approximate surface area is 215 Å². The van der Waals surface area contributed by atoms with Crippen LogP contribution in [0.5, 0.6) is 11.5 Å². The molecule has 0 aliphatic carbocycles. The summed E-state index contributed by atoms with van der Waals surface area (Å²) in [5, 5.41) is 9.98. The number of methoxy groups -OCH3 is 1. The quantitative estimate of drug-likeness (QED) is 0.266. The third-order valence-corrected chi connectivity index (χ3v) is 7.71. The molecule has 2 aromatic heterocycles. The zero-order valence-corrected chi connectivity index (χ0v) is 21.8. The molecule has 1 fully saturated rings. The average molecular weight is 527 g/mol. The summed E-state index contributed by atoms with van der Waals surface area (Å²) in [7, 11) is -2.85. The maximum Gasteiger partial charge on any atom is 0.268 e. The molecule has 1 amide bonds. The molecule has 3 aromatic rings. The number of nitrogens with zero attached hydrogens (tertiary/aromatic N) is 3. The minimum absolute atomic E-state index is 0.0103. The number of nitrogens with two attached hydrogens (primary N) is 1. The summed E-state index contributed by atoms with van der Waals surface area (Å²) < 4.78 is 33.5. The van der Waals surface area contributed by atoms with Gasteiger partial charge < -0.3 is 20.2 Å². The van der Waals surface area contributed by atoms with E-state index in [-0.39, 0.29) is 33.3 Å². The molecule has 1 aliphatic rings. The number of pyridine rings is 2. The molecule has 5 N–H and O–H groups in total. The Bertz CT molecular complexity index is 1440. The largest absolute Gasteiger partial charge is 0.504 e. The Kier molecular flexibility index (Phi) is 6.98. The number of ether oxygens (including phenoxy) is 1. The van der Waals surface area contributed by atoms with Crippen molar-refractivity contribution in [1.29, 1.82) is 0 Å². The van der Waals surface area contributed by atoms with Gasteiger partial charge in [-0.15, -0.1) is 0 Å². The lowest BCUT2D eigenvalue weighted by Gasteiger charge is -2.34. The molecule has 0 radical (unpaired) electrons. The van der Waals surface area contributed by atoms with Crippen molar-refractivity contribution in [1.82, 2.24) is 14.7 Å². The van der Waals surface area contributed by atoms with Crippen LogP contribution in [0.25, 0.3) is 11.3 Å². The van der Waals surface area contributed by atoms with Crippen LogP contribution in [-0.4, -0.2) is 48.6 Å². The van der Waals surface area contributed by atoms with Crippen molar-refractivity contribution in [2.75, 3.05) is 24.0 Å². The summed E-state index contributed by atoms with van der Waals surface area (Å²) in [6.07, 6.45) is 2.25. The average Bonchev–Trinajstić information content (AvgIpc) is 3.15. The number of amides is 1. The number of hydrogen-bond donors (Lipinski definition) is 4. The van der Waals surface area contributed by atoms with Gasteiger partial charge in [0.25, 0.3) is 15.9 Å². The van der Waals surface area contributed by atoms with Crippen LogP contribution in [0.3, 0.4) is 0 Å². The Hall–Kier alpha value is -3.90. The number of nitrogen functional groups attached to an aromatic ring is 1. The molecule has 196 valence electrons. The highest BCUT2D eigenvalue weighted by Crippen LogP contribution is 2.39. The number of hydrazine groups is 1. The van der Waals surface area contributed by atoms with Crippen molar-refractivity contribution in [2.24, 2.45) is 11.8 Å². The molecule has 0 spiro atoms. The minimum Gasteiger partial charge on any atom is -0.504 e. The summed E-state index contributed by atoms with van der Waals surface area (Å²) in [6, 6.07) is 10.7. The Morgan fingerprint density at radius 2 is 2.00 bits per heavy atom. The van der Waals surface area contributed by atoms with E-state index in [1.807, 2.05) is 4.90 Å². The van der Waals surface area contributed by atoms with E-state index in [9.17, 15) is 18.3 Å². The second kappa shape index (κ2) is 9.87. The molecule has 3 heterocycles. The first-order valence-electron chi connectivity index (χ1n) is 11.6. The summed E-state index contributed by atoms with van der Waals surface area (Å²) >= 11 is 0. The van der Waals surface area contributed by atoms with Gasteiger partial charge in [-0.1, -0.05) is 6.92 Å². The van der Waals surface area contributed by atoms with Gasteiger partial charge >= 0.3 is 0 Å². The molecule has 11 nitrogen and oxygen atoms in total. The Morgan fingerprint density at radius 1 is 1.24 bits per heavy atom. The SMILES string of the molecule is COc1cc(-c2ccc(C(=O)NS(=O)(=O)c3cccnc3NN)c(N3C[C@@H](C)CC3(C)C)n2)ccc1O. The number of carbonyl (C=O) groups excluding carboxylic acids is 1. The van der Waals surface area contributed by atoms with Crippen molar-refractivity contribution < 1.29 is 23.1 Å². The first-order valence-corrected chi connectivity index (χ1v) is 13.1. The fourth-order valence-corrected chi connectivity index (χ4v) is 5.82. The van der Waals surface area contributed by atoms with Gasteiger partial charge in [-0.2, -0.15) is 0 Å². The van der Waals surface area contributed by atoms with Gasteiger partial charge in [0.2, 0.25) is 0 Å². The van der Waals surface area contributed by atoms with E-state index in [1.54, 1.807) is 24.3 Å². The summed E-state index contributed by atoms with van der Waals surface area (Å²) in [4.78, 5) is 23.9. The van der Waals surface area contributed by atoms with E-state index < -0.39 is 15.9 Å². The van der Waals surface area contributed by atoms with E-state index in [2.05, 4.69) is 35.9 Å². The number of phenolic OH excluding ortho intramolecular Hbond substituents is 1. The van der Waals surface area contributed by atoms with E-state index in [0.717, 1.165) is 6.42 Å². The molecule has 1 aromatic carbocycles. The van der Waals surface area contributed by atoms with Crippen molar-refractivity contribution in [2.45, 2.75) is 37.6 Å². The van der Waals surface area contributed by atoms with Crippen LogP contribution in [0, 0.1) is 5.92 Å². The number of aromatic nitrogens is 2. The number of rotatable bonds is 7. The molecule has 1 aliphatic heterocycles. The predicted molar refractivity (Wildman–Crippen MR) is 140 cm³/mol. The Balaban J connectivity index is 1.79. The van der Waals surface area contributed by atoms with Crippen LogP contribution >= 0.6 is 0 Å². The highest BCUT2D eigenvalue weighted by molar-refractivity contribution is 7.90. The number of anilines is 2. The first-order chi connectivity index (χ1) is 17.5. The van der Waals surface area contributed by atoms with Crippen molar-refractivity contribution in [3.05, 3.63) is 54.2 Å². The number of hydrogen-bond acceptors (Lipinski definition) is 10. The molecule has 37 heavy (non-hydrogen) atoms. The van der Waals surface area contributed by atoms with E-state index in [4.69, 9.17) is 15.6 Å². The third-order valence-electron chi connectivity index (χ3n) is 6.35. The fourth-order valence-electron chi connectivity index (χ4n) is 4.74. The molecule has 4 rings (SSSR count). The topological polar surface area (TPSA) is 160 Å². The normalized spacial score (nSPS) is 16.9. The number of phenols is 1. The maximum atomic E-state index is 13.4. The lowest BCUT2D eigenvalue weighted by atomic mass is 9.97. The highest BCUT2D eigenvalue weighted by Gasteiger charge is 2.39. The molecular formula is C25H30N6O5S. The van der Waals surface area contributed by atoms with E-state index in [0.29, 0.717) is 29.5 Å². The summed E-state index contributed by atoms with van der Waals surface area (Å²) in [5.41, 5.74) is 3.20. The Morgan fingerprint density at radius 3 is 2.65 bits per heavy atom. The molecule has 0 saturated carbocycles. The number of aromatic hydroxyl groups is 1. The zero-order valence-electron chi connectivity index (χ0n) is 21.0. The van der Waals surface area contributed by atoms with Gasteiger partial charge in [-0.25, -0.2) is 29.0 Å². The summed E-state index contributed by atoms with van der Waals surface area (Å²) in [6.45, 7) is 6.87. The van der Waals surface area contributed by atoms with Crippen LogP contribution in [0.2, 0.25) is 0 Å². The molecule has 12 heteroatoms. The van der Waals surface area contributed by atoms with Gasteiger partial charge in [-0.05, 0) is 68.7 Å². The number of nitrogens with one attached hydrogen (secondary N) is 2. The van der Waals surface area contributed by atoms with Crippen LogP contribution in [-0.2, 0) is 10.0 Å². The molecule has 1 saturated heterocycles. The standard InChI is InChI=1S/C25H30N6O5S/c1-15-13-25(2,3)31(14-15)23-17(8-9-18(28-23)16-7-10-19(32)20(12-16)36-4)24(33)30-37(34,35)21-6-5-11-27-22(21)29-26/h5-12,15,32H,13-14,26H2,1-4H3,(H,27,29)(H,30,33)/t15-/m0/s1. The highest BCUT2D eigenvalue weighted by atomic mass is 32.2. The maximum absolute atomic E-state index is 13.4. The molecule has 1 atom stereocenters. The van der Waals surface area contributed by atoms with Gasteiger partial charge in [-0.3, -0.25) is 4.79 Å². The van der Waals surface area contributed by atoms with Gasteiger partial charge in [0.1, 0.15) is 10.7 Å². The zero-order chi connectivity index (χ0) is 27.0. The van der Waals surface area contributed by atoms with Crippen LogP contribution in [0.15, 0.2) is 53.6 Å². The molecular weight excluding hydrogens is 496 g/mol. The third kappa shape index (κ3) is 5.16. The fraction of sp³-hybridized carbons (Fsp3) is 0.320. The minimum atomic E-state index is -4.30.